The van der Waals surface area contributed by atoms with Gasteiger partial charge in [0.05, 0.1) is 12.3 Å². The number of anilines is 1. The summed E-state index contributed by atoms with van der Waals surface area (Å²) < 4.78 is 37.6. The molecule has 1 aromatic rings. The van der Waals surface area contributed by atoms with Gasteiger partial charge >= 0.3 is 6.18 Å². The Kier molecular flexibility index (Phi) is 5.89. The van der Waals surface area contributed by atoms with Crippen LogP contribution in [0.5, 0.6) is 0 Å². The quantitative estimate of drug-likeness (QED) is 0.851. The van der Waals surface area contributed by atoms with Crippen LogP contribution in [0.1, 0.15) is 18.4 Å². The third-order valence-corrected chi connectivity index (χ3v) is 3.65. The Morgan fingerprint density at radius 2 is 1.71 bits per heavy atom. The van der Waals surface area contributed by atoms with E-state index >= 15 is 0 Å². The molecule has 0 bridgehead atoms. The number of nitrogens with two attached hydrogens (primary N) is 1. The summed E-state index contributed by atoms with van der Waals surface area (Å²) in [6.45, 7) is 0.357. The van der Waals surface area contributed by atoms with Gasteiger partial charge < -0.3 is 10.6 Å². The van der Waals surface area contributed by atoms with E-state index in [1.54, 1.807) is 24.3 Å². The number of likely N-dealkylation sites (tertiary alicyclic amines) is 1. The first kappa shape index (κ1) is 17.6. The molecule has 1 amide bonds. The van der Waals surface area contributed by atoms with Crippen molar-refractivity contribution < 1.29 is 18.0 Å². The normalized spacial score (nSPS) is 16.4. The molecule has 3 nitrogen and oxygen atoms in total. The molecule has 1 aliphatic heterocycles. The predicted molar refractivity (Wildman–Crippen MR) is 77.2 cm³/mol. The number of carbonyl (C=O) groups excluding carboxylic acids is 1. The van der Waals surface area contributed by atoms with Gasteiger partial charge in [-0.25, -0.2) is 0 Å². The van der Waals surface area contributed by atoms with E-state index in [0.717, 1.165) is 5.56 Å². The number of nitrogens with zero attached hydrogens (tertiary/aromatic N) is 1. The second kappa shape index (κ2) is 7.02. The van der Waals surface area contributed by atoms with Gasteiger partial charge in [0.15, 0.2) is 0 Å². The zero-order valence-electron chi connectivity index (χ0n) is 11.4. The Morgan fingerprint density at radius 3 is 2.19 bits per heavy atom. The van der Waals surface area contributed by atoms with Gasteiger partial charge in [0.25, 0.3) is 0 Å². The number of benzene rings is 1. The molecule has 1 fully saturated rings. The highest BCUT2D eigenvalue weighted by Gasteiger charge is 2.41. The van der Waals surface area contributed by atoms with E-state index in [4.69, 9.17) is 5.73 Å². The average molecular weight is 323 g/mol. The van der Waals surface area contributed by atoms with Crippen LogP contribution in [0.4, 0.5) is 18.9 Å². The summed E-state index contributed by atoms with van der Waals surface area (Å²) in [5.41, 5.74) is 6.99. The van der Waals surface area contributed by atoms with Crippen LogP contribution in [0.2, 0.25) is 0 Å². The second-order valence-electron chi connectivity index (χ2n) is 5.12. The zero-order chi connectivity index (χ0) is 14.8. The summed E-state index contributed by atoms with van der Waals surface area (Å²) in [5, 5.41) is 0. The van der Waals surface area contributed by atoms with Gasteiger partial charge in [-0.2, -0.15) is 13.2 Å². The molecule has 0 atom stereocenters. The Morgan fingerprint density at radius 1 is 1.19 bits per heavy atom. The van der Waals surface area contributed by atoms with Crippen molar-refractivity contribution in [2.75, 3.05) is 18.8 Å². The van der Waals surface area contributed by atoms with Crippen LogP contribution in [0.3, 0.4) is 0 Å². The van der Waals surface area contributed by atoms with Gasteiger partial charge in [-0.15, -0.1) is 12.4 Å². The minimum Gasteiger partial charge on any atom is -0.399 e. The first-order valence-electron chi connectivity index (χ1n) is 6.55. The summed E-state index contributed by atoms with van der Waals surface area (Å²) in [6.07, 6.45) is -3.95. The monoisotopic (exact) mass is 322 g/mol. The van der Waals surface area contributed by atoms with Gasteiger partial charge in [-0.1, -0.05) is 12.1 Å². The molecular weight excluding hydrogens is 305 g/mol. The topological polar surface area (TPSA) is 46.3 Å². The number of piperidine rings is 1. The molecular formula is C14H18ClF3N2O. The maximum absolute atomic E-state index is 12.5. The van der Waals surface area contributed by atoms with Crippen LogP contribution in [-0.4, -0.2) is 30.1 Å². The van der Waals surface area contributed by atoms with Gasteiger partial charge in [0, 0.05) is 18.8 Å². The number of halogens is 4. The largest absolute Gasteiger partial charge is 0.399 e. The van der Waals surface area contributed by atoms with E-state index in [0.29, 0.717) is 5.69 Å². The lowest BCUT2D eigenvalue weighted by molar-refractivity contribution is -0.186. The maximum Gasteiger partial charge on any atom is 0.391 e. The number of amides is 1. The lowest BCUT2D eigenvalue weighted by Crippen LogP contribution is -2.42. The predicted octanol–water partition coefficient (Wildman–Crippen LogP) is 3.03. The third kappa shape index (κ3) is 4.81. The Hall–Kier alpha value is -1.43. The molecule has 1 heterocycles. The fourth-order valence-corrected chi connectivity index (χ4v) is 2.38. The molecule has 1 aromatic carbocycles. The molecule has 0 unspecified atom stereocenters. The van der Waals surface area contributed by atoms with Crippen LogP contribution in [0.25, 0.3) is 0 Å². The summed E-state index contributed by atoms with van der Waals surface area (Å²) >= 11 is 0. The highest BCUT2D eigenvalue weighted by Crippen LogP contribution is 2.34. The van der Waals surface area contributed by atoms with Crippen LogP contribution in [-0.2, 0) is 11.2 Å². The molecule has 2 rings (SSSR count). The Labute approximate surface area is 127 Å². The number of carbonyl (C=O) groups is 1. The van der Waals surface area contributed by atoms with Crippen LogP contribution in [0, 0.1) is 5.92 Å². The van der Waals surface area contributed by atoms with E-state index in [-0.39, 0.29) is 50.7 Å². The van der Waals surface area contributed by atoms with Crippen LogP contribution in [0.15, 0.2) is 24.3 Å². The maximum atomic E-state index is 12.5. The van der Waals surface area contributed by atoms with Gasteiger partial charge in [-0.05, 0) is 30.5 Å². The van der Waals surface area contributed by atoms with Crippen molar-refractivity contribution in [2.24, 2.45) is 5.92 Å². The second-order valence-corrected chi connectivity index (χ2v) is 5.12. The molecule has 0 spiro atoms. The van der Waals surface area contributed by atoms with E-state index in [1.807, 2.05) is 0 Å². The van der Waals surface area contributed by atoms with Crippen LogP contribution < -0.4 is 5.73 Å². The van der Waals surface area contributed by atoms with Gasteiger partial charge in [0.1, 0.15) is 0 Å². The van der Waals surface area contributed by atoms with Crippen molar-refractivity contribution in [1.29, 1.82) is 0 Å². The third-order valence-electron chi connectivity index (χ3n) is 3.65. The number of nitrogen functional groups attached to an aromatic ring is 1. The Bertz CT molecular complexity index is 468. The molecule has 0 aromatic heterocycles. The SMILES string of the molecule is Cl.Nc1ccc(CC(=O)N2CCC(C(F)(F)F)CC2)cc1. The molecule has 1 aliphatic rings. The molecule has 2 N–H and O–H groups in total. The highest BCUT2D eigenvalue weighted by atomic mass is 35.5. The number of rotatable bonds is 2. The van der Waals surface area contributed by atoms with Crippen molar-refractivity contribution >= 4 is 24.0 Å². The molecule has 21 heavy (non-hydrogen) atoms. The molecule has 118 valence electrons. The minimum absolute atomic E-state index is 0. The highest BCUT2D eigenvalue weighted by molar-refractivity contribution is 5.85. The first-order valence-corrected chi connectivity index (χ1v) is 6.55. The fraction of sp³-hybridized carbons (Fsp3) is 0.500. The van der Waals surface area contributed by atoms with E-state index in [2.05, 4.69) is 0 Å². The smallest absolute Gasteiger partial charge is 0.391 e. The number of alkyl halides is 3. The Balaban J connectivity index is 0.00000220. The average Bonchev–Trinajstić information content (AvgIpc) is 2.40. The molecule has 0 radical (unpaired) electrons. The lowest BCUT2D eigenvalue weighted by Gasteiger charge is -2.33. The number of hydrogen-bond acceptors (Lipinski definition) is 2. The van der Waals surface area contributed by atoms with Gasteiger partial charge in [0.2, 0.25) is 5.91 Å². The van der Waals surface area contributed by atoms with Crippen molar-refractivity contribution in [3.8, 4) is 0 Å². The van der Waals surface area contributed by atoms with E-state index in [1.165, 1.54) is 4.90 Å². The van der Waals surface area contributed by atoms with Crippen molar-refractivity contribution in [3.05, 3.63) is 29.8 Å². The van der Waals surface area contributed by atoms with Crippen molar-refractivity contribution in [2.45, 2.75) is 25.4 Å². The minimum atomic E-state index is -4.15. The number of hydrogen-bond donors (Lipinski definition) is 1. The van der Waals surface area contributed by atoms with E-state index in [9.17, 15) is 18.0 Å². The summed E-state index contributed by atoms with van der Waals surface area (Å²) in [7, 11) is 0. The van der Waals surface area contributed by atoms with Crippen molar-refractivity contribution in [3.63, 3.8) is 0 Å². The zero-order valence-corrected chi connectivity index (χ0v) is 12.2. The van der Waals surface area contributed by atoms with E-state index < -0.39 is 12.1 Å². The summed E-state index contributed by atoms with van der Waals surface area (Å²) in [5.74, 6) is -1.40. The summed E-state index contributed by atoms with van der Waals surface area (Å²) in [4.78, 5) is 13.5. The summed E-state index contributed by atoms with van der Waals surface area (Å²) in [6, 6.07) is 6.93. The van der Waals surface area contributed by atoms with Gasteiger partial charge in [-0.3, -0.25) is 4.79 Å². The van der Waals surface area contributed by atoms with Crippen LogP contribution >= 0.6 is 12.4 Å². The molecule has 7 heteroatoms. The molecule has 1 saturated heterocycles. The first-order chi connectivity index (χ1) is 9.36. The standard InChI is InChI=1S/C14H17F3N2O.ClH/c15-14(16,17)11-5-7-19(8-6-11)13(20)9-10-1-3-12(18)4-2-10;/h1-4,11H,5-9,18H2;1H. The fourth-order valence-electron chi connectivity index (χ4n) is 2.38. The molecule has 0 saturated carbocycles. The molecule has 0 aliphatic carbocycles. The lowest BCUT2D eigenvalue weighted by atomic mass is 9.96. The van der Waals surface area contributed by atoms with Crippen molar-refractivity contribution in [1.82, 2.24) is 4.90 Å².